The van der Waals surface area contributed by atoms with Crippen molar-refractivity contribution in [1.82, 2.24) is 0 Å². The summed E-state index contributed by atoms with van der Waals surface area (Å²) in [5, 5.41) is 8.63. The van der Waals surface area contributed by atoms with Gasteiger partial charge >= 0.3 is 0 Å². The van der Waals surface area contributed by atoms with E-state index < -0.39 is 0 Å². The number of hydrogen-bond donors (Lipinski definition) is 1. The van der Waals surface area contributed by atoms with Crippen molar-refractivity contribution in [2.45, 2.75) is 0 Å². The fourth-order valence-corrected chi connectivity index (χ4v) is 0. The van der Waals surface area contributed by atoms with Crippen LogP contribution >= 0.6 is 12.6 Å². The molecule has 0 fully saturated rings. The Morgan fingerprint density at radius 1 is 1.60 bits per heavy atom. The van der Waals surface area contributed by atoms with E-state index in [1.807, 2.05) is 0 Å². The largest absolute Gasteiger partial charge is 0.185 e. The number of thiocyanates is 1. The second-order valence-corrected chi connectivity index (χ2v) is 0.300. The monoisotopic (exact) mass is 295 g/mol. The van der Waals surface area contributed by atoms with Crippen LogP contribution in [0.25, 0.3) is 0 Å². The number of nitrogens with zero attached hydrogens (tertiary/aromatic N) is 1. The zero-order valence-electron chi connectivity index (χ0n) is 2.70. The van der Waals surface area contributed by atoms with E-state index in [9.17, 15) is 0 Å². The van der Waals surface area contributed by atoms with Gasteiger partial charge in [0.25, 0.3) is 0 Å². The Labute approximate surface area is 94.8 Å². The Balaban J connectivity index is -0.0000000200. The first-order valence-electron chi connectivity index (χ1n) is 0.447. The summed E-state index contributed by atoms with van der Waals surface area (Å²) in [4.78, 5) is 0. The average Bonchev–Trinajstić information content (AvgIpc) is 0.918. The van der Waals surface area contributed by atoms with Gasteiger partial charge in [0.05, 0.1) is 0 Å². The van der Waals surface area contributed by atoms with Crippen LogP contribution in [0, 0.1) is 10.7 Å². The minimum Gasteiger partial charge on any atom is -0.185 e. The molecule has 0 unspecified atom stereocenters. The van der Waals surface area contributed by atoms with Crippen LogP contribution in [0.15, 0.2) is 0 Å². The molecular formula is CHAuKNS. The van der Waals surface area contributed by atoms with Gasteiger partial charge in [0.2, 0.25) is 0 Å². The fraction of sp³-hybridized carbons (Fsp3) is 0. The van der Waals surface area contributed by atoms with Crippen LogP contribution in [0.4, 0.5) is 0 Å². The summed E-state index contributed by atoms with van der Waals surface area (Å²) in [6, 6.07) is 0. The number of thiol groups is 1. The van der Waals surface area contributed by atoms with Crippen LogP contribution in [0.1, 0.15) is 0 Å². The fourth-order valence-electron chi connectivity index (χ4n) is 0. The van der Waals surface area contributed by atoms with Gasteiger partial charge in [0, 0.05) is 73.8 Å². The maximum absolute atomic E-state index is 7.18. The van der Waals surface area contributed by atoms with Gasteiger partial charge in [-0.1, -0.05) is 12.6 Å². The molecule has 0 aliphatic rings. The summed E-state index contributed by atoms with van der Waals surface area (Å²) < 4.78 is 0. The molecule has 0 spiro atoms. The first-order chi connectivity index (χ1) is 1.41. The van der Waals surface area contributed by atoms with Gasteiger partial charge in [-0.05, 0) is 0 Å². The quantitative estimate of drug-likeness (QED) is 0.380. The van der Waals surface area contributed by atoms with E-state index in [0.29, 0.717) is 0 Å². The van der Waals surface area contributed by atoms with E-state index >= 15 is 0 Å². The first-order valence-corrected chi connectivity index (χ1v) is 0.894. The Hall–Kier alpha value is 2.22. The molecule has 0 aliphatic heterocycles. The third-order valence-electron chi connectivity index (χ3n) is 0. The van der Waals surface area contributed by atoms with E-state index in [-0.39, 0.29) is 73.8 Å². The van der Waals surface area contributed by atoms with Crippen molar-refractivity contribution in [2.24, 2.45) is 0 Å². The van der Waals surface area contributed by atoms with Crippen molar-refractivity contribution in [3.63, 3.8) is 0 Å². The molecule has 0 aromatic heterocycles. The van der Waals surface area contributed by atoms with Crippen molar-refractivity contribution in [3.8, 4) is 5.40 Å². The van der Waals surface area contributed by atoms with E-state index in [1.165, 1.54) is 5.40 Å². The maximum atomic E-state index is 7.18. The molecule has 0 aromatic rings. The Bertz CT molecular complexity index is 33.1. The normalized spacial score (nSPS) is 1.60. The van der Waals surface area contributed by atoms with Gasteiger partial charge in [-0.3, -0.25) is 0 Å². The summed E-state index contributed by atoms with van der Waals surface area (Å²) in [6.07, 6.45) is 0. The van der Waals surface area contributed by atoms with E-state index in [1.54, 1.807) is 0 Å². The standard InChI is InChI=1S/CHNS.Au.K/c2-1-3;;/h3H;;. The molecule has 0 rings (SSSR count). The molecule has 0 N–H and O–H groups in total. The topological polar surface area (TPSA) is 23.8 Å². The molecule has 28 valence electrons. The summed E-state index contributed by atoms with van der Waals surface area (Å²) in [5.41, 5.74) is 0. The van der Waals surface area contributed by atoms with Crippen molar-refractivity contribution in [2.75, 3.05) is 0 Å². The SMILES string of the molecule is N#CS.[Au].[K]. The van der Waals surface area contributed by atoms with Gasteiger partial charge in [0.15, 0.2) is 0 Å². The predicted octanol–water partition coefficient (Wildman–Crippen LogP) is 0.0140. The van der Waals surface area contributed by atoms with E-state index in [0.717, 1.165) is 0 Å². The third kappa shape index (κ3) is 22.5. The number of hydrogen-bond acceptors (Lipinski definition) is 2. The zero-order chi connectivity index (χ0) is 2.71. The Morgan fingerprint density at radius 2 is 1.60 bits per heavy atom. The van der Waals surface area contributed by atoms with Gasteiger partial charge in [-0.25, -0.2) is 0 Å². The average molecular weight is 295 g/mol. The van der Waals surface area contributed by atoms with Gasteiger partial charge in [-0.2, -0.15) is 5.26 Å². The molecule has 0 saturated carbocycles. The smallest absolute Gasteiger partial charge is 0.130 e. The van der Waals surface area contributed by atoms with Crippen LogP contribution in [0.2, 0.25) is 0 Å². The molecule has 0 heterocycles. The second-order valence-electron chi connectivity index (χ2n) is 0.100. The Kier molecular flexibility index (Phi) is 51.3. The minimum absolute atomic E-state index is 0. The molecule has 0 bridgehead atoms. The van der Waals surface area contributed by atoms with Gasteiger partial charge < -0.3 is 0 Å². The van der Waals surface area contributed by atoms with Crippen LogP contribution < -0.4 is 0 Å². The van der Waals surface area contributed by atoms with Crippen molar-refractivity contribution < 1.29 is 22.4 Å². The van der Waals surface area contributed by atoms with Gasteiger partial charge in [-0.15, -0.1) is 0 Å². The zero-order valence-corrected chi connectivity index (χ0v) is 8.88. The second kappa shape index (κ2) is 16.4. The molecule has 0 atom stereocenters. The van der Waals surface area contributed by atoms with Crippen LogP contribution in [0.3, 0.4) is 0 Å². The summed E-state index contributed by atoms with van der Waals surface area (Å²) in [7, 11) is 0. The molecule has 0 aliphatic carbocycles. The maximum Gasteiger partial charge on any atom is 0.130 e. The molecule has 4 heteroatoms. The molecular weight excluding hydrogens is 294 g/mol. The molecule has 1 nitrogen and oxygen atoms in total. The van der Waals surface area contributed by atoms with Crippen LogP contribution in [0.5, 0.6) is 0 Å². The van der Waals surface area contributed by atoms with Crippen molar-refractivity contribution >= 4 is 64.0 Å². The third-order valence-corrected chi connectivity index (χ3v) is 0. The van der Waals surface area contributed by atoms with Crippen molar-refractivity contribution in [1.29, 1.82) is 5.26 Å². The predicted molar refractivity (Wildman–Crippen MR) is 20.4 cm³/mol. The van der Waals surface area contributed by atoms with Gasteiger partial charge in [0.1, 0.15) is 5.40 Å². The van der Waals surface area contributed by atoms with Crippen LogP contribution in [-0.2, 0) is 22.4 Å². The van der Waals surface area contributed by atoms with E-state index in [4.69, 9.17) is 5.26 Å². The first kappa shape index (κ1) is 15.7. The number of rotatable bonds is 0. The van der Waals surface area contributed by atoms with E-state index in [2.05, 4.69) is 12.6 Å². The van der Waals surface area contributed by atoms with Crippen molar-refractivity contribution in [3.05, 3.63) is 0 Å². The minimum atomic E-state index is 0. The molecule has 0 amide bonds. The summed E-state index contributed by atoms with van der Waals surface area (Å²) >= 11 is 3.09. The molecule has 0 saturated heterocycles. The Morgan fingerprint density at radius 3 is 1.60 bits per heavy atom. The van der Waals surface area contributed by atoms with Crippen LogP contribution in [-0.4, -0.2) is 51.4 Å². The molecule has 2 radical (unpaired) electrons. The molecule has 5 heavy (non-hydrogen) atoms. The number of nitriles is 1. The molecule has 0 aromatic carbocycles. The summed E-state index contributed by atoms with van der Waals surface area (Å²) in [6.45, 7) is 0. The summed E-state index contributed by atoms with van der Waals surface area (Å²) in [5.74, 6) is 0.